The normalized spacial score (nSPS) is 10.4. The molecule has 0 aliphatic rings. The molecule has 0 radical (unpaired) electrons. The van der Waals surface area contributed by atoms with Crippen molar-refractivity contribution in [2.24, 2.45) is 0 Å². The average molecular weight is 376 g/mol. The minimum absolute atomic E-state index is 0.0913. The SMILES string of the molecule is O=C(Nc1ccnc(-c2cc(NC(=O)c3ncn[nH]3)ccn2)c1)c1ncn[nH]1. The molecule has 0 saturated carbocycles. The lowest BCUT2D eigenvalue weighted by molar-refractivity contribution is 0.101. The molecule has 0 aliphatic carbocycles. The summed E-state index contributed by atoms with van der Waals surface area (Å²) in [6, 6.07) is 6.57. The third-order valence-corrected chi connectivity index (χ3v) is 3.56. The zero-order valence-corrected chi connectivity index (χ0v) is 14.1. The number of pyridine rings is 2. The van der Waals surface area contributed by atoms with E-state index in [0.29, 0.717) is 22.8 Å². The van der Waals surface area contributed by atoms with Gasteiger partial charge in [-0.1, -0.05) is 0 Å². The second-order valence-electron chi connectivity index (χ2n) is 5.44. The number of amides is 2. The molecule has 0 aromatic carbocycles. The smallest absolute Gasteiger partial charge is 0.292 e. The van der Waals surface area contributed by atoms with Crippen molar-refractivity contribution in [2.45, 2.75) is 0 Å². The van der Waals surface area contributed by atoms with Gasteiger partial charge in [-0.25, -0.2) is 9.97 Å². The Balaban J connectivity index is 1.53. The molecule has 4 rings (SSSR count). The highest BCUT2D eigenvalue weighted by Crippen LogP contribution is 2.21. The second-order valence-corrected chi connectivity index (χ2v) is 5.44. The molecule has 0 fully saturated rings. The fourth-order valence-corrected chi connectivity index (χ4v) is 2.31. The van der Waals surface area contributed by atoms with E-state index in [2.05, 4.69) is 51.0 Å². The van der Waals surface area contributed by atoms with Crippen molar-refractivity contribution >= 4 is 23.2 Å². The van der Waals surface area contributed by atoms with Crippen LogP contribution in [0.25, 0.3) is 11.4 Å². The van der Waals surface area contributed by atoms with E-state index in [9.17, 15) is 9.59 Å². The molecule has 0 unspecified atom stereocenters. The van der Waals surface area contributed by atoms with Crippen LogP contribution in [0.2, 0.25) is 0 Å². The highest BCUT2D eigenvalue weighted by Gasteiger charge is 2.12. The number of aromatic amines is 2. The molecule has 0 bridgehead atoms. The minimum atomic E-state index is -0.435. The van der Waals surface area contributed by atoms with Crippen LogP contribution in [-0.2, 0) is 0 Å². The summed E-state index contributed by atoms with van der Waals surface area (Å²) < 4.78 is 0. The van der Waals surface area contributed by atoms with Gasteiger partial charge in [-0.3, -0.25) is 29.8 Å². The minimum Gasteiger partial charge on any atom is -0.319 e. The van der Waals surface area contributed by atoms with E-state index in [-0.39, 0.29) is 11.6 Å². The molecule has 138 valence electrons. The van der Waals surface area contributed by atoms with Crippen molar-refractivity contribution in [1.82, 2.24) is 40.3 Å². The van der Waals surface area contributed by atoms with Crippen molar-refractivity contribution in [3.8, 4) is 11.4 Å². The van der Waals surface area contributed by atoms with Gasteiger partial charge in [-0.15, -0.1) is 0 Å². The van der Waals surface area contributed by atoms with Gasteiger partial charge >= 0.3 is 0 Å². The Morgan fingerprint density at radius 2 is 1.18 bits per heavy atom. The van der Waals surface area contributed by atoms with Crippen LogP contribution in [0.3, 0.4) is 0 Å². The van der Waals surface area contributed by atoms with Gasteiger partial charge in [0.15, 0.2) is 0 Å². The van der Waals surface area contributed by atoms with E-state index in [1.807, 2.05) is 0 Å². The van der Waals surface area contributed by atoms with Crippen molar-refractivity contribution in [3.05, 3.63) is 61.0 Å². The fraction of sp³-hybridized carbons (Fsp3) is 0. The number of carbonyl (C=O) groups excluding carboxylic acids is 2. The van der Waals surface area contributed by atoms with E-state index < -0.39 is 11.8 Å². The molecule has 4 N–H and O–H groups in total. The summed E-state index contributed by atoms with van der Waals surface area (Å²) in [4.78, 5) is 40.2. The van der Waals surface area contributed by atoms with Crippen LogP contribution >= 0.6 is 0 Å². The summed E-state index contributed by atoms with van der Waals surface area (Å²) in [7, 11) is 0. The van der Waals surface area contributed by atoms with Crippen LogP contribution in [0, 0.1) is 0 Å². The van der Waals surface area contributed by atoms with Gasteiger partial charge < -0.3 is 10.6 Å². The maximum atomic E-state index is 12.1. The van der Waals surface area contributed by atoms with Gasteiger partial charge in [-0.2, -0.15) is 10.2 Å². The van der Waals surface area contributed by atoms with Crippen LogP contribution < -0.4 is 10.6 Å². The maximum Gasteiger partial charge on any atom is 0.292 e. The zero-order chi connectivity index (χ0) is 19.3. The third kappa shape index (κ3) is 3.70. The fourth-order valence-electron chi connectivity index (χ4n) is 2.31. The monoisotopic (exact) mass is 376 g/mol. The molecule has 4 aromatic heterocycles. The molecule has 4 aromatic rings. The molecule has 12 heteroatoms. The maximum absolute atomic E-state index is 12.1. The molecule has 0 aliphatic heterocycles. The first-order valence-electron chi connectivity index (χ1n) is 7.95. The van der Waals surface area contributed by atoms with E-state index in [1.54, 1.807) is 24.3 Å². The molecular weight excluding hydrogens is 364 g/mol. The van der Waals surface area contributed by atoms with Crippen LogP contribution in [0.5, 0.6) is 0 Å². The number of rotatable bonds is 5. The molecular formula is C16H12N10O2. The van der Waals surface area contributed by atoms with Crippen LogP contribution in [-0.4, -0.2) is 52.1 Å². The summed E-state index contributed by atoms with van der Waals surface area (Å²) in [5, 5.41) is 17.6. The van der Waals surface area contributed by atoms with Gasteiger partial charge in [0.1, 0.15) is 12.7 Å². The zero-order valence-electron chi connectivity index (χ0n) is 14.1. The number of anilines is 2. The van der Waals surface area contributed by atoms with Crippen LogP contribution in [0.1, 0.15) is 21.2 Å². The number of nitrogens with one attached hydrogen (secondary N) is 4. The predicted octanol–water partition coefficient (Wildman–Crippen LogP) is 0.884. The molecule has 0 saturated heterocycles. The lowest BCUT2D eigenvalue weighted by Gasteiger charge is -2.07. The first-order chi connectivity index (χ1) is 13.7. The highest BCUT2D eigenvalue weighted by atomic mass is 16.2. The average Bonchev–Trinajstić information content (AvgIpc) is 3.42. The van der Waals surface area contributed by atoms with E-state index in [0.717, 1.165) is 0 Å². The summed E-state index contributed by atoms with van der Waals surface area (Å²) in [6.07, 6.45) is 5.56. The van der Waals surface area contributed by atoms with Gasteiger partial charge in [0.2, 0.25) is 11.6 Å². The van der Waals surface area contributed by atoms with Gasteiger partial charge in [-0.05, 0) is 24.3 Å². The number of carbonyl (C=O) groups is 2. The van der Waals surface area contributed by atoms with E-state index >= 15 is 0 Å². The first-order valence-corrected chi connectivity index (χ1v) is 7.95. The molecule has 4 heterocycles. The van der Waals surface area contributed by atoms with Crippen molar-refractivity contribution in [2.75, 3.05) is 10.6 Å². The van der Waals surface area contributed by atoms with Gasteiger partial charge in [0, 0.05) is 23.8 Å². The van der Waals surface area contributed by atoms with Crippen LogP contribution in [0.4, 0.5) is 11.4 Å². The topological polar surface area (TPSA) is 167 Å². The molecule has 12 nitrogen and oxygen atoms in total. The first kappa shape index (κ1) is 17.0. The standard InChI is InChI=1S/C16H12N10O2/c27-15(13-19-7-21-25-13)23-9-1-3-17-11(5-9)12-6-10(2-4-18-12)24-16(28)14-20-8-22-26-14/h1-8H,(H,17,23,27)(H,18,24,28)(H,19,21,25)(H,20,22,26). The molecule has 0 atom stereocenters. The molecule has 0 spiro atoms. The number of aromatic nitrogens is 8. The summed E-state index contributed by atoms with van der Waals surface area (Å²) in [5.74, 6) is -0.686. The Morgan fingerprint density at radius 3 is 1.57 bits per heavy atom. The lowest BCUT2D eigenvalue weighted by atomic mass is 10.2. The highest BCUT2D eigenvalue weighted by molar-refractivity contribution is 6.02. The Morgan fingerprint density at radius 1 is 0.714 bits per heavy atom. The summed E-state index contributed by atoms with van der Waals surface area (Å²) in [5.41, 5.74) is 2.02. The predicted molar refractivity (Wildman–Crippen MR) is 96.1 cm³/mol. The molecule has 2 amide bonds. The largest absolute Gasteiger partial charge is 0.319 e. The Labute approximate surface area is 156 Å². The summed E-state index contributed by atoms with van der Waals surface area (Å²) in [6.45, 7) is 0. The number of H-pyrrole nitrogens is 2. The van der Waals surface area contributed by atoms with Crippen LogP contribution in [0.15, 0.2) is 49.3 Å². The third-order valence-electron chi connectivity index (χ3n) is 3.56. The Hall–Kier alpha value is -4.48. The van der Waals surface area contributed by atoms with E-state index in [1.165, 1.54) is 25.0 Å². The molecule has 28 heavy (non-hydrogen) atoms. The number of hydrogen-bond acceptors (Lipinski definition) is 8. The Kier molecular flexibility index (Phi) is 4.49. The summed E-state index contributed by atoms with van der Waals surface area (Å²) >= 11 is 0. The van der Waals surface area contributed by atoms with Crippen molar-refractivity contribution in [3.63, 3.8) is 0 Å². The second kappa shape index (κ2) is 7.41. The number of hydrogen-bond donors (Lipinski definition) is 4. The van der Waals surface area contributed by atoms with Crippen molar-refractivity contribution < 1.29 is 9.59 Å². The van der Waals surface area contributed by atoms with Gasteiger partial charge in [0.05, 0.1) is 11.4 Å². The van der Waals surface area contributed by atoms with Gasteiger partial charge in [0.25, 0.3) is 11.8 Å². The lowest BCUT2D eigenvalue weighted by Crippen LogP contribution is -2.14. The van der Waals surface area contributed by atoms with E-state index in [4.69, 9.17) is 0 Å². The number of nitrogens with zero attached hydrogens (tertiary/aromatic N) is 6. The Bertz CT molecular complexity index is 1020. The van der Waals surface area contributed by atoms with Crippen molar-refractivity contribution in [1.29, 1.82) is 0 Å². The quantitative estimate of drug-likeness (QED) is 0.398.